The van der Waals surface area contributed by atoms with E-state index in [9.17, 15) is 24.6 Å². The summed E-state index contributed by atoms with van der Waals surface area (Å²) in [4.78, 5) is 35.8. The van der Waals surface area contributed by atoms with E-state index in [1.807, 2.05) is 0 Å². The van der Waals surface area contributed by atoms with Crippen LogP contribution in [0.15, 0.2) is 11.5 Å². The molecule has 1 heterocycles. The van der Waals surface area contributed by atoms with E-state index in [4.69, 9.17) is 14.2 Å². The third kappa shape index (κ3) is 12.4. The predicted octanol–water partition coefficient (Wildman–Crippen LogP) is 5.66. The van der Waals surface area contributed by atoms with Crippen LogP contribution in [-0.2, 0) is 28.6 Å². The van der Waals surface area contributed by atoms with Gasteiger partial charge in [0.05, 0.1) is 5.41 Å². The molecule has 0 amide bonds. The average molecular weight is 499 g/mol. The summed E-state index contributed by atoms with van der Waals surface area (Å²) in [7, 11) is 0. The Morgan fingerprint density at radius 1 is 0.914 bits per heavy atom. The first-order valence-electron chi connectivity index (χ1n) is 13.3. The largest absolute Gasteiger partial charge is 0.505 e. The summed E-state index contributed by atoms with van der Waals surface area (Å²) in [6, 6.07) is 0. The van der Waals surface area contributed by atoms with Gasteiger partial charge in [-0.15, -0.1) is 0 Å². The lowest BCUT2D eigenvalue weighted by molar-refractivity contribution is -0.159. The molecule has 0 aliphatic carbocycles. The molecule has 0 aromatic carbocycles. The topological polar surface area (TPSA) is 119 Å². The molecule has 0 fully saturated rings. The van der Waals surface area contributed by atoms with Gasteiger partial charge in [-0.05, 0) is 27.2 Å². The summed E-state index contributed by atoms with van der Waals surface area (Å²) < 4.78 is 14.9. The lowest BCUT2D eigenvalue weighted by Crippen LogP contribution is -2.33. The molecule has 0 unspecified atom stereocenters. The molecule has 202 valence electrons. The van der Waals surface area contributed by atoms with Crippen molar-refractivity contribution in [3.8, 4) is 0 Å². The van der Waals surface area contributed by atoms with Crippen LogP contribution in [0.3, 0.4) is 0 Å². The Morgan fingerprint density at radius 3 is 1.89 bits per heavy atom. The third-order valence-electron chi connectivity index (χ3n) is 5.98. The van der Waals surface area contributed by atoms with Gasteiger partial charge in [0, 0.05) is 6.42 Å². The molecule has 0 bridgehead atoms. The Bertz CT molecular complexity index is 692. The predicted molar refractivity (Wildman–Crippen MR) is 132 cm³/mol. The summed E-state index contributed by atoms with van der Waals surface area (Å²) in [5, 5.41) is 20.4. The molecule has 35 heavy (non-hydrogen) atoms. The Kier molecular flexibility index (Phi) is 14.6. The molecule has 0 radical (unpaired) electrons. The van der Waals surface area contributed by atoms with Crippen LogP contribution < -0.4 is 0 Å². The molecule has 2 N–H and O–H groups in total. The minimum atomic E-state index is -1.47. The van der Waals surface area contributed by atoms with Crippen molar-refractivity contribution in [2.45, 2.75) is 130 Å². The second kappa shape index (κ2) is 16.6. The normalized spacial score (nSPS) is 16.8. The van der Waals surface area contributed by atoms with Gasteiger partial charge in [-0.25, -0.2) is 4.79 Å². The monoisotopic (exact) mass is 498 g/mol. The number of aliphatic hydroxyl groups excluding tert-OH is 2. The summed E-state index contributed by atoms with van der Waals surface area (Å²) in [5.41, 5.74) is -0.895. The van der Waals surface area contributed by atoms with Crippen molar-refractivity contribution in [3.63, 3.8) is 0 Å². The van der Waals surface area contributed by atoms with Gasteiger partial charge in [0.1, 0.15) is 12.7 Å². The van der Waals surface area contributed by atoms with Crippen molar-refractivity contribution in [3.05, 3.63) is 11.5 Å². The SMILES string of the molecule is CCCCCCCCCCCCCCCC(=O)OC[C@H](O)[C@H]1OC(=O)C(OC(=O)C(C)(C)C)=C1O. The van der Waals surface area contributed by atoms with Gasteiger partial charge in [0.15, 0.2) is 11.9 Å². The second-order valence-corrected chi connectivity index (χ2v) is 10.4. The van der Waals surface area contributed by atoms with Crippen LogP contribution in [0.4, 0.5) is 0 Å². The number of unbranched alkanes of at least 4 members (excludes halogenated alkanes) is 12. The van der Waals surface area contributed by atoms with Gasteiger partial charge in [0.25, 0.3) is 5.76 Å². The zero-order valence-corrected chi connectivity index (χ0v) is 22.1. The Balaban J connectivity index is 2.15. The van der Waals surface area contributed by atoms with Crippen molar-refractivity contribution in [1.29, 1.82) is 0 Å². The van der Waals surface area contributed by atoms with E-state index in [0.717, 1.165) is 12.8 Å². The molecular formula is C27H46O8. The van der Waals surface area contributed by atoms with Crippen molar-refractivity contribution in [2.24, 2.45) is 5.41 Å². The van der Waals surface area contributed by atoms with E-state index in [1.165, 1.54) is 64.2 Å². The van der Waals surface area contributed by atoms with Gasteiger partial charge in [0.2, 0.25) is 0 Å². The molecule has 0 aromatic rings. The first-order chi connectivity index (χ1) is 16.6. The first-order valence-corrected chi connectivity index (χ1v) is 13.3. The highest BCUT2D eigenvalue weighted by Crippen LogP contribution is 2.27. The van der Waals surface area contributed by atoms with Crippen LogP contribution in [0.5, 0.6) is 0 Å². The molecule has 0 spiro atoms. The van der Waals surface area contributed by atoms with Gasteiger partial charge < -0.3 is 24.4 Å². The lowest BCUT2D eigenvalue weighted by atomic mass is 9.97. The summed E-state index contributed by atoms with van der Waals surface area (Å²) in [6.45, 7) is 6.57. The van der Waals surface area contributed by atoms with Crippen LogP contribution in [0, 0.1) is 5.41 Å². The third-order valence-corrected chi connectivity index (χ3v) is 5.98. The second-order valence-electron chi connectivity index (χ2n) is 10.4. The fourth-order valence-corrected chi connectivity index (χ4v) is 3.68. The van der Waals surface area contributed by atoms with E-state index in [1.54, 1.807) is 20.8 Å². The van der Waals surface area contributed by atoms with Gasteiger partial charge >= 0.3 is 17.9 Å². The average Bonchev–Trinajstić information content (AvgIpc) is 3.08. The maximum Gasteiger partial charge on any atom is 0.378 e. The highest BCUT2D eigenvalue weighted by atomic mass is 16.6. The molecule has 0 saturated heterocycles. The number of carbonyl (C=O) groups is 3. The smallest absolute Gasteiger partial charge is 0.378 e. The number of hydrogen-bond donors (Lipinski definition) is 2. The van der Waals surface area contributed by atoms with Gasteiger partial charge in [-0.2, -0.15) is 0 Å². The Hall–Kier alpha value is -2.09. The minimum absolute atomic E-state index is 0.241. The molecule has 0 aromatic heterocycles. The Morgan fingerprint density at radius 2 is 1.40 bits per heavy atom. The highest BCUT2D eigenvalue weighted by Gasteiger charge is 2.43. The van der Waals surface area contributed by atoms with E-state index in [-0.39, 0.29) is 6.42 Å². The maximum atomic E-state index is 12.0. The number of rotatable bonds is 18. The molecular weight excluding hydrogens is 452 g/mol. The van der Waals surface area contributed by atoms with Crippen molar-refractivity contribution < 1.29 is 38.8 Å². The fraction of sp³-hybridized carbons (Fsp3) is 0.815. The quantitative estimate of drug-likeness (QED) is 0.141. The number of aliphatic hydroxyl groups is 2. The van der Waals surface area contributed by atoms with E-state index in [2.05, 4.69) is 6.92 Å². The maximum absolute atomic E-state index is 12.0. The van der Waals surface area contributed by atoms with Crippen molar-refractivity contribution in [1.82, 2.24) is 0 Å². The number of ether oxygens (including phenoxy) is 3. The van der Waals surface area contributed by atoms with Gasteiger partial charge in [-0.1, -0.05) is 84.0 Å². The molecule has 1 aliphatic rings. The van der Waals surface area contributed by atoms with Crippen LogP contribution in [-0.4, -0.2) is 46.9 Å². The van der Waals surface area contributed by atoms with Gasteiger partial charge in [-0.3, -0.25) is 9.59 Å². The van der Waals surface area contributed by atoms with Crippen LogP contribution in [0.1, 0.15) is 118 Å². The molecule has 0 saturated carbocycles. The zero-order chi connectivity index (χ0) is 26.3. The number of carbonyl (C=O) groups excluding carboxylic acids is 3. The number of cyclic esters (lactones) is 1. The van der Waals surface area contributed by atoms with Crippen LogP contribution >= 0.6 is 0 Å². The summed E-state index contributed by atoms with van der Waals surface area (Å²) in [5.74, 6) is -3.57. The van der Waals surface area contributed by atoms with E-state index in [0.29, 0.717) is 6.42 Å². The molecule has 1 aliphatic heterocycles. The zero-order valence-electron chi connectivity index (χ0n) is 22.1. The number of esters is 3. The molecule has 2 atom stereocenters. The fourth-order valence-electron chi connectivity index (χ4n) is 3.68. The number of hydrogen-bond acceptors (Lipinski definition) is 8. The molecule has 8 heteroatoms. The van der Waals surface area contributed by atoms with E-state index < -0.39 is 53.7 Å². The highest BCUT2D eigenvalue weighted by molar-refractivity contribution is 5.93. The van der Waals surface area contributed by atoms with Crippen LogP contribution in [0.2, 0.25) is 0 Å². The minimum Gasteiger partial charge on any atom is -0.505 e. The van der Waals surface area contributed by atoms with Crippen LogP contribution in [0.25, 0.3) is 0 Å². The van der Waals surface area contributed by atoms with E-state index >= 15 is 0 Å². The standard InChI is InChI=1S/C27H46O8/c1-5-6-7-8-9-10-11-12-13-14-15-16-17-18-21(29)33-19-20(28)23-22(30)24(25(31)34-23)35-26(32)27(2,3)4/h20,23,28,30H,5-19H2,1-4H3/t20-,23+/m0/s1. The lowest BCUT2D eigenvalue weighted by Gasteiger charge is -2.17. The summed E-state index contributed by atoms with van der Waals surface area (Å²) >= 11 is 0. The van der Waals surface area contributed by atoms with Crippen molar-refractivity contribution >= 4 is 17.9 Å². The molecule has 8 nitrogen and oxygen atoms in total. The summed E-state index contributed by atoms with van der Waals surface area (Å²) in [6.07, 6.45) is 13.1. The first kappa shape index (κ1) is 30.9. The van der Waals surface area contributed by atoms with Crippen molar-refractivity contribution in [2.75, 3.05) is 6.61 Å². The molecule has 1 rings (SSSR count). The Labute approximate surface area is 210 Å².